The lowest BCUT2D eigenvalue weighted by atomic mass is 10.0. The Morgan fingerprint density at radius 1 is 1.00 bits per heavy atom. The number of benzene rings is 1. The average Bonchev–Trinajstić information content (AvgIpc) is 3.33. The topological polar surface area (TPSA) is 77.0 Å². The van der Waals surface area contributed by atoms with E-state index >= 15 is 0 Å². The van der Waals surface area contributed by atoms with Crippen LogP contribution in [0, 0.1) is 0 Å². The first kappa shape index (κ1) is 21.1. The lowest BCUT2D eigenvalue weighted by Crippen LogP contribution is -2.46. The Labute approximate surface area is 182 Å². The third-order valence-corrected chi connectivity index (χ3v) is 5.80. The molecule has 0 amide bonds. The van der Waals surface area contributed by atoms with Crippen LogP contribution in [-0.2, 0) is 33.3 Å². The van der Waals surface area contributed by atoms with Gasteiger partial charge < -0.3 is 33.3 Å². The van der Waals surface area contributed by atoms with Crippen LogP contribution in [0.1, 0.15) is 39.7 Å². The first-order valence-corrected chi connectivity index (χ1v) is 10.6. The normalized spacial score (nSPS) is 38.6. The highest BCUT2D eigenvalue weighted by molar-refractivity contribution is 6.01. The van der Waals surface area contributed by atoms with E-state index in [-0.39, 0.29) is 6.10 Å². The molecule has 3 saturated heterocycles. The van der Waals surface area contributed by atoms with Gasteiger partial charge in [0.15, 0.2) is 17.9 Å². The molecule has 6 atom stereocenters. The predicted molar refractivity (Wildman–Crippen MR) is 110 cm³/mol. The summed E-state index contributed by atoms with van der Waals surface area (Å²) in [6.45, 7) is 12.0. The van der Waals surface area contributed by atoms with Crippen molar-refractivity contribution < 1.29 is 33.3 Å². The summed E-state index contributed by atoms with van der Waals surface area (Å²) in [7, 11) is 0. The molecule has 5 rings (SSSR count). The van der Waals surface area contributed by atoms with E-state index in [9.17, 15) is 0 Å². The third kappa shape index (κ3) is 4.16. The predicted octanol–water partition coefficient (Wildman–Crippen LogP) is 3.11. The highest BCUT2D eigenvalue weighted by Gasteiger charge is 2.59. The quantitative estimate of drug-likeness (QED) is 0.678. The highest BCUT2D eigenvalue weighted by atomic mass is 16.9. The van der Waals surface area contributed by atoms with Gasteiger partial charge in [-0.05, 0) is 38.8 Å². The van der Waals surface area contributed by atoms with E-state index in [2.05, 4.69) is 11.7 Å². The van der Waals surface area contributed by atoms with Crippen LogP contribution in [0.4, 0.5) is 0 Å². The second kappa shape index (κ2) is 7.65. The van der Waals surface area contributed by atoms with Crippen LogP contribution in [0.3, 0.4) is 0 Å². The average molecular weight is 431 g/mol. The maximum atomic E-state index is 6.35. The Morgan fingerprint density at radius 3 is 2.45 bits per heavy atom. The van der Waals surface area contributed by atoms with Crippen molar-refractivity contribution in [1.29, 1.82) is 0 Å². The van der Waals surface area contributed by atoms with Gasteiger partial charge in [-0.25, -0.2) is 0 Å². The monoisotopic (exact) mass is 431 g/mol. The fourth-order valence-electron chi connectivity index (χ4n) is 4.40. The maximum absolute atomic E-state index is 6.35. The van der Waals surface area contributed by atoms with Crippen molar-refractivity contribution in [2.24, 2.45) is 5.16 Å². The first-order valence-electron chi connectivity index (χ1n) is 10.6. The molecule has 4 heterocycles. The SMILES string of the molecule is C=C1CC(c2ccccc2)=NO[C@H]1O[C@@H]1[C@H]2OC(C)(C)O[C@H]2O[C@@H]1[C@H]1COC(C)(C)O1. The van der Waals surface area contributed by atoms with E-state index < -0.39 is 42.5 Å². The number of fused-ring (bicyclic) bond motifs is 1. The Bertz CT molecular complexity index is 868. The van der Waals surface area contributed by atoms with Gasteiger partial charge in [-0.15, -0.1) is 0 Å². The molecule has 0 radical (unpaired) electrons. The molecule has 0 spiro atoms. The lowest BCUT2D eigenvalue weighted by Gasteiger charge is -2.32. The van der Waals surface area contributed by atoms with Gasteiger partial charge in [0.05, 0.1) is 12.3 Å². The molecule has 31 heavy (non-hydrogen) atoms. The number of nitrogens with zero attached hydrogens (tertiary/aromatic N) is 1. The van der Waals surface area contributed by atoms with Crippen molar-refractivity contribution in [3.8, 4) is 0 Å². The summed E-state index contributed by atoms with van der Waals surface area (Å²) in [6.07, 6.45) is -2.40. The molecule has 0 N–H and O–H groups in total. The smallest absolute Gasteiger partial charge is 0.249 e. The van der Waals surface area contributed by atoms with Crippen LogP contribution >= 0.6 is 0 Å². The van der Waals surface area contributed by atoms with Crippen LogP contribution in [0.15, 0.2) is 47.6 Å². The summed E-state index contributed by atoms with van der Waals surface area (Å²) < 4.78 is 36.3. The minimum absolute atomic E-state index is 0.318. The van der Waals surface area contributed by atoms with E-state index in [0.29, 0.717) is 13.0 Å². The number of ether oxygens (including phenoxy) is 6. The fraction of sp³-hybridized carbons (Fsp3) is 0.609. The summed E-state index contributed by atoms with van der Waals surface area (Å²) in [5.74, 6) is -1.45. The van der Waals surface area contributed by atoms with E-state index in [1.54, 1.807) is 0 Å². The van der Waals surface area contributed by atoms with Gasteiger partial charge >= 0.3 is 0 Å². The van der Waals surface area contributed by atoms with Crippen molar-refractivity contribution in [2.45, 2.75) is 82.7 Å². The zero-order chi connectivity index (χ0) is 21.8. The zero-order valence-electron chi connectivity index (χ0n) is 18.3. The van der Waals surface area contributed by atoms with E-state index in [4.69, 9.17) is 33.3 Å². The number of hydrogen-bond donors (Lipinski definition) is 0. The van der Waals surface area contributed by atoms with Crippen molar-refractivity contribution >= 4 is 5.71 Å². The van der Waals surface area contributed by atoms with E-state index in [0.717, 1.165) is 16.8 Å². The first-order chi connectivity index (χ1) is 14.7. The van der Waals surface area contributed by atoms with Crippen LogP contribution in [-0.4, -0.2) is 60.9 Å². The van der Waals surface area contributed by atoms with E-state index in [1.807, 2.05) is 58.0 Å². The molecule has 1 aromatic rings. The zero-order valence-corrected chi connectivity index (χ0v) is 18.3. The second-order valence-electron chi connectivity index (χ2n) is 9.21. The van der Waals surface area contributed by atoms with Gasteiger partial charge in [-0.3, -0.25) is 0 Å². The molecule has 0 saturated carbocycles. The molecule has 4 aliphatic heterocycles. The van der Waals surface area contributed by atoms with E-state index in [1.165, 1.54) is 0 Å². The van der Waals surface area contributed by atoms with Crippen LogP contribution in [0.25, 0.3) is 0 Å². The molecular weight excluding hydrogens is 402 g/mol. The standard InChI is InChI=1S/C23H29NO7/c1-13-11-15(14-9-7-6-8-10-14)24-31-20(13)27-18-17(16-12-25-22(2,3)28-16)26-21-19(18)29-23(4,5)30-21/h6-10,16-21H,1,11-12H2,2-5H3/t16-,17-,18+,19-,20-,21-/m1/s1. The maximum Gasteiger partial charge on any atom is 0.249 e. The largest absolute Gasteiger partial charge is 0.359 e. The second-order valence-corrected chi connectivity index (χ2v) is 9.21. The fourth-order valence-corrected chi connectivity index (χ4v) is 4.40. The molecular formula is C23H29NO7. The Kier molecular flexibility index (Phi) is 5.20. The number of hydrogen-bond acceptors (Lipinski definition) is 8. The van der Waals surface area contributed by atoms with Crippen LogP contribution in [0.5, 0.6) is 0 Å². The van der Waals surface area contributed by atoms with Gasteiger partial charge in [0, 0.05) is 6.42 Å². The molecule has 3 fully saturated rings. The lowest BCUT2D eigenvalue weighted by molar-refractivity contribution is -0.251. The van der Waals surface area contributed by atoms with Gasteiger partial charge in [-0.2, -0.15) is 0 Å². The Hall–Kier alpha value is -1.81. The molecule has 168 valence electrons. The van der Waals surface area contributed by atoms with Crippen molar-refractivity contribution in [3.05, 3.63) is 48.0 Å². The minimum Gasteiger partial charge on any atom is -0.359 e. The molecule has 0 aromatic heterocycles. The minimum atomic E-state index is -0.767. The molecule has 8 nitrogen and oxygen atoms in total. The Balaban J connectivity index is 1.34. The summed E-state index contributed by atoms with van der Waals surface area (Å²) >= 11 is 0. The molecule has 0 unspecified atom stereocenters. The van der Waals surface area contributed by atoms with Gasteiger partial charge in [0.25, 0.3) is 0 Å². The number of oxime groups is 1. The van der Waals surface area contributed by atoms with Crippen LogP contribution < -0.4 is 0 Å². The highest BCUT2D eigenvalue weighted by Crippen LogP contribution is 2.43. The molecule has 8 heteroatoms. The molecule has 0 aliphatic carbocycles. The summed E-state index contributed by atoms with van der Waals surface area (Å²) in [5.41, 5.74) is 2.59. The van der Waals surface area contributed by atoms with Gasteiger partial charge in [0.1, 0.15) is 24.4 Å². The van der Waals surface area contributed by atoms with Crippen molar-refractivity contribution in [3.63, 3.8) is 0 Å². The summed E-state index contributed by atoms with van der Waals surface area (Å²) in [5, 5.41) is 4.30. The summed E-state index contributed by atoms with van der Waals surface area (Å²) in [4.78, 5) is 5.71. The summed E-state index contributed by atoms with van der Waals surface area (Å²) in [6, 6.07) is 9.88. The Morgan fingerprint density at radius 2 is 1.77 bits per heavy atom. The number of rotatable bonds is 4. The van der Waals surface area contributed by atoms with Crippen LogP contribution in [0.2, 0.25) is 0 Å². The molecule has 4 aliphatic rings. The third-order valence-electron chi connectivity index (χ3n) is 5.80. The molecule has 0 bridgehead atoms. The van der Waals surface area contributed by atoms with Crippen molar-refractivity contribution in [2.75, 3.05) is 6.61 Å². The van der Waals surface area contributed by atoms with Gasteiger partial charge in [-0.1, -0.05) is 42.1 Å². The van der Waals surface area contributed by atoms with Gasteiger partial charge in [0.2, 0.25) is 6.29 Å². The molecule has 1 aromatic carbocycles. The van der Waals surface area contributed by atoms with Crippen molar-refractivity contribution in [1.82, 2.24) is 0 Å².